The van der Waals surface area contributed by atoms with Crippen LogP contribution in [0, 0.1) is 6.92 Å². The molecule has 0 radical (unpaired) electrons. The van der Waals surface area contributed by atoms with E-state index in [9.17, 15) is 4.79 Å². The predicted octanol–water partition coefficient (Wildman–Crippen LogP) is 5.23. The Bertz CT molecular complexity index is 1140. The fourth-order valence-electron chi connectivity index (χ4n) is 3.34. The SMILES string of the molecule is Cc1noc2nc(C(C)C)cc(C(=O)N(C)C(C)c3cc4ccccc4o3)c12. The van der Waals surface area contributed by atoms with E-state index in [-0.39, 0.29) is 17.9 Å². The molecule has 0 spiro atoms. The molecule has 0 bridgehead atoms. The largest absolute Gasteiger partial charge is 0.459 e. The number of hydrogen-bond acceptors (Lipinski definition) is 5. The van der Waals surface area contributed by atoms with Crippen LogP contribution in [0.15, 0.2) is 45.3 Å². The summed E-state index contributed by atoms with van der Waals surface area (Å²) in [6.07, 6.45) is 0. The molecule has 0 aliphatic heterocycles. The fourth-order valence-corrected chi connectivity index (χ4v) is 3.34. The van der Waals surface area contributed by atoms with E-state index in [2.05, 4.69) is 10.1 Å². The normalized spacial score (nSPS) is 12.8. The maximum absolute atomic E-state index is 13.4. The van der Waals surface area contributed by atoms with E-state index < -0.39 is 0 Å². The molecule has 0 aliphatic carbocycles. The zero-order chi connectivity index (χ0) is 20.0. The smallest absolute Gasteiger partial charge is 0.259 e. The summed E-state index contributed by atoms with van der Waals surface area (Å²) in [4.78, 5) is 19.6. The van der Waals surface area contributed by atoms with Gasteiger partial charge in [0.15, 0.2) is 0 Å². The summed E-state index contributed by atoms with van der Waals surface area (Å²) in [5.74, 6) is 0.793. The van der Waals surface area contributed by atoms with Crippen molar-refractivity contribution in [3.63, 3.8) is 0 Å². The zero-order valence-electron chi connectivity index (χ0n) is 16.7. The van der Waals surface area contributed by atoms with E-state index in [4.69, 9.17) is 8.94 Å². The van der Waals surface area contributed by atoms with Gasteiger partial charge in [0.1, 0.15) is 11.3 Å². The number of carbonyl (C=O) groups is 1. The number of amides is 1. The van der Waals surface area contributed by atoms with E-state index in [0.717, 1.165) is 22.4 Å². The van der Waals surface area contributed by atoms with Crippen molar-refractivity contribution in [2.45, 2.75) is 39.7 Å². The highest BCUT2D eigenvalue weighted by atomic mass is 16.5. The third-order valence-corrected chi connectivity index (χ3v) is 5.22. The van der Waals surface area contributed by atoms with Crippen molar-refractivity contribution in [1.82, 2.24) is 15.0 Å². The number of aryl methyl sites for hydroxylation is 1. The lowest BCUT2D eigenvalue weighted by Gasteiger charge is -2.24. The van der Waals surface area contributed by atoms with Crippen molar-refractivity contribution in [1.29, 1.82) is 0 Å². The summed E-state index contributed by atoms with van der Waals surface area (Å²) < 4.78 is 11.3. The number of aromatic nitrogens is 2. The van der Waals surface area contributed by atoms with Gasteiger partial charge < -0.3 is 13.8 Å². The van der Waals surface area contributed by atoms with Crippen LogP contribution in [-0.4, -0.2) is 28.0 Å². The predicted molar refractivity (Wildman–Crippen MR) is 107 cm³/mol. The van der Waals surface area contributed by atoms with Crippen molar-refractivity contribution in [2.75, 3.05) is 7.05 Å². The molecule has 0 aliphatic rings. The van der Waals surface area contributed by atoms with E-state index in [1.807, 2.05) is 64.1 Å². The van der Waals surface area contributed by atoms with Gasteiger partial charge in [-0.05, 0) is 38.0 Å². The Kier molecular flexibility index (Phi) is 4.41. The van der Waals surface area contributed by atoms with Gasteiger partial charge in [0.05, 0.1) is 22.7 Å². The van der Waals surface area contributed by atoms with Crippen LogP contribution in [0.1, 0.15) is 60.2 Å². The van der Waals surface area contributed by atoms with Gasteiger partial charge in [-0.15, -0.1) is 0 Å². The lowest BCUT2D eigenvalue weighted by Crippen LogP contribution is -2.30. The van der Waals surface area contributed by atoms with Crippen molar-refractivity contribution < 1.29 is 13.7 Å². The second kappa shape index (κ2) is 6.78. The van der Waals surface area contributed by atoms with Crippen LogP contribution >= 0.6 is 0 Å². The molecular formula is C22H23N3O3. The molecule has 1 atom stereocenters. The summed E-state index contributed by atoms with van der Waals surface area (Å²) in [5, 5.41) is 5.69. The molecule has 0 N–H and O–H groups in total. The fraction of sp³-hybridized carbons (Fsp3) is 0.318. The van der Waals surface area contributed by atoms with Gasteiger partial charge in [-0.25, -0.2) is 4.98 Å². The summed E-state index contributed by atoms with van der Waals surface area (Å²) in [5.41, 5.74) is 3.23. The number of benzene rings is 1. The van der Waals surface area contributed by atoms with Crippen molar-refractivity contribution in [3.05, 3.63) is 59.1 Å². The van der Waals surface area contributed by atoms with Crippen molar-refractivity contribution in [3.8, 4) is 0 Å². The second-order valence-corrected chi connectivity index (χ2v) is 7.48. The molecule has 1 unspecified atom stereocenters. The van der Waals surface area contributed by atoms with Gasteiger partial charge in [-0.2, -0.15) is 0 Å². The maximum Gasteiger partial charge on any atom is 0.259 e. The van der Waals surface area contributed by atoms with Crippen LogP contribution in [0.3, 0.4) is 0 Å². The number of nitrogens with zero attached hydrogens (tertiary/aromatic N) is 3. The van der Waals surface area contributed by atoms with Crippen LogP contribution < -0.4 is 0 Å². The third kappa shape index (κ3) is 2.95. The molecule has 0 saturated carbocycles. The number of para-hydroxylation sites is 1. The Hall–Kier alpha value is -3.15. The first-order chi connectivity index (χ1) is 13.4. The Morgan fingerprint density at radius 1 is 1.14 bits per heavy atom. The average Bonchev–Trinajstić information content (AvgIpc) is 3.29. The molecular weight excluding hydrogens is 354 g/mol. The van der Waals surface area contributed by atoms with Crippen molar-refractivity contribution >= 4 is 28.0 Å². The minimum atomic E-state index is -0.231. The maximum atomic E-state index is 13.4. The topological polar surface area (TPSA) is 72.4 Å². The molecule has 3 heterocycles. The van der Waals surface area contributed by atoms with Gasteiger partial charge in [0.25, 0.3) is 11.6 Å². The van der Waals surface area contributed by atoms with Gasteiger partial charge in [-0.3, -0.25) is 4.79 Å². The first kappa shape index (κ1) is 18.2. The summed E-state index contributed by atoms with van der Waals surface area (Å²) in [6.45, 7) is 7.85. The quantitative estimate of drug-likeness (QED) is 0.487. The van der Waals surface area contributed by atoms with Crippen LogP contribution in [0.25, 0.3) is 22.1 Å². The number of carbonyl (C=O) groups excluding carboxylic acids is 1. The third-order valence-electron chi connectivity index (χ3n) is 5.22. The molecule has 0 fully saturated rings. The molecule has 144 valence electrons. The molecule has 28 heavy (non-hydrogen) atoms. The number of hydrogen-bond donors (Lipinski definition) is 0. The lowest BCUT2D eigenvalue weighted by molar-refractivity contribution is 0.0729. The molecule has 4 aromatic rings. The van der Waals surface area contributed by atoms with E-state index in [1.54, 1.807) is 11.9 Å². The average molecular weight is 377 g/mol. The number of pyridine rings is 1. The molecule has 6 heteroatoms. The van der Waals surface area contributed by atoms with Crippen molar-refractivity contribution in [2.24, 2.45) is 0 Å². The summed E-state index contributed by atoms with van der Waals surface area (Å²) in [6, 6.07) is 11.4. The van der Waals surface area contributed by atoms with E-state index in [1.165, 1.54) is 0 Å². The number of fused-ring (bicyclic) bond motifs is 2. The molecule has 1 aromatic carbocycles. The monoisotopic (exact) mass is 377 g/mol. The summed E-state index contributed by atoms with van der Waals surface area (Å²) in [7, 11) is 1.78. The van der Waals surface area contributed by atoms with Gasteiger partial charge in [0.2, 0.25) is 0 Å². The first-order valence-electron chi connectivity index (χ1n) is 9.39. The highest BCUT2D eigenvalue weighted by molar-refractivity contribution is 6.06. The second-order valence-electron chi connectivity index (χ2n) is 7.48. The van der Waals surface area contributed by atoms with Crippen LogP contribution in [0.5, 0.6) is 0 Å². The van der Waals surface area contributed by atoms with Gasteiger partial charge in [-0.1, -0.05) is 37.2 Å². The molecule has 3 aromatic heterocycles. The van der Waals surface area contributed by atoms with E-state index in [0.29, 0.717) is 22.4 Å². The molecule has 4 rings (SSSR count). The van der Waals surface area contributed by atoms with Gasteiger partial charge in [0, 0.05) is 18.1 Å². The highest BCUT2D eigenvalue weighted by Gasteiger charge is 2.26. The molecule has 0 saturated heterocycles. The summed E-state index contributed by atoms with van der Waals surface area (Å²) >= 11 is 0. The highest BCUT2D eigenvalue weighted by Crippen LogP contribution is 2.30. The van der Waals surface area contributed by atoms with Crippen LogP contribution in [-0.2, 0) is 0 Å². The number of furan rings is 1. The minimum Gasteiger partial charge on any atom is -0.459 e. The van der Waals surface area contributed by atoms with Gasteiger partial charge >= 0.3 is 0 Å². The zero-order valence-corrected chi connectivity index (χ0v) is 16.7. The van der Waals surface area contributed by atoms with Crippen LogP contribution in [0.4, 0.5) is 0 Å². The minimum absolute atomic E-state index is 0.117. The first-order valence-corrected chi connectivity index (χ1v) is 9.39. The molecule has 6 nitrogen and oxygen atoms in total. The Labute approximate surface area is 163 Å². The van der Waals surface area contributed by atoms with E-state index >= 15 is 0 Å². The standard InChI is InChI=1S/C22H23N3O3/c1-12(2)17-11-16(20-13(3)24-28-21(20)23-17)22(26)25(5)14(4)19-10-15-8-6-7-9-18(15)27-19/h6-12,14H,1-5H3. The Balaban J connectivity index is 1.74. The lowest BCUT2D eigenvalue weighted by atomic mass is 10.0. The number of rotatable bonds is 4. The molecule has 1 amide bonds. The Morgan fingerprint density at radius 2 is 1.89 bits per heavy atom. The Morgan fingerprint density at radius 3 is 2.61 bits per heavy atom. The van der Waals surface area contributed by atoms with Crippen LogP contribution in [0.2, 0.25) is 0 Å².